The zero-order valence-corrected chi connectivity index (χ0v) is 22.6. The number of alkyl halides is 3. The van der Waals surface area contributed by atoms with Crippen molar-refractivity contribution in [1.29, 1.82) is 0 Å². The topological polar surface area (TPSA) is 0 Å². The molecule has 1 heterocycles. The predicted octanol–water partition coefficient (Wildman–Crippen LogP) is 11.7. The monoisotopic (exact) mass is 556 g/mol. The van der Waals surface area contributed by atoms with Crippen LogP contribution in [0.25, 0.3) is 64.7 Å². The lowest BCUT2D eigenvalue weighted by atomic mass is 9.95. The van der Waals surface area contributed by atoms with Gasteiger partial charge in [-0.2, -0.15) is 13.2 Å². The van der Waals surface area contributed by atoms with E-state index in [2.05, 4.69) is 84.9 Å². The molecule has 0 aliphatic rings. The number of rotatable bonds is 4. The third kappa shape index (κ3) is 4.92. The summed E-state index contributed by atoms with van der Waals surface area (Å²) in [5.74, 6) is 0. The van der Waals surface area contributed by atoms with E-state index in [0.717, 1.165) is 33.9 Å². The van der Waals surface area contributed by atoms with E-state index >= 15 is 0 Å². The van der Waals surface area contributed by atoms with E-state index in [1.54, 1.807) is 6.07 Å². The summed E-state index contributed by atoms with van der Waals surface area (Å²) in [7, 11) is 0. The van der Waals surface area contributed by atoms with E-state index in [0.29, 0.717) is 5.56 Å². The molecule has 0 N–H and O–H groups in total. The van der Waals surface area contributed by atoms with Gasteiger partial charge in [-0.05, 0) is 80.9 Å². The Kier molecular flexibility index (Phi) is 6.21. The van der Waals surface area contributed by atoms with Gasteiger partial charge >= 0.3 is 6.18 Å². The maximum atomic E-state index is 13.2. The highest BCUT2D eigenvalue weighted by Gasteiger charge is 2.30. The largest absolute Gasteiger partial charge is 0.416 e. The second kappa shape index (κ2) is 10.1. The minimum Gasteiger partial charge on any atom is -0.166 e. The standard InChI is InChI=1S/C37H23F3S/c38-37(39,40)32-8-4-7-30(22-32)26-15-11-24(12-16-26)28-5-3-6-29(21-28)25-13-17-27(18-14-25)31-19-20-36-34(23-31)33-9-1-2-10-35(33)41-36/h1-23H. The maximum absolute atomic E-state index is 13.2. The van der Waals surface area contributed by atoms with Gasteiger partial charge in [-0.15, -0.1) is 11.3 Å². The van der Waals surface area contributed by atoms with Crippen LogP contribution in [0.15, 0.2) is 140 Å². The minimum absolute atomic E-state index is 0.548. The average Bonchev–Trinajstić information content (AvgIpc) is 3.39. The van der Waals surface area contributed by atoms with Gasteiger partial charge in [-0.25, -0.2) is 0 Å². The molecule has 0 saturated heterocycles. The van der Waals surface area contributed by atoms with E-state index in [9.17, 15) is 13.2 Å². The molecule has 0 amide bonds. The Morgan fingerprint density at radius 3 is 1.41 bits per heavy atom. The van der Waals surface area contributed by atoms with Crippen LogP contribution in [0, 0.1) is 0 Å². The Balaban J connectivity index is 1.15. The quantitative estimate of drug-likeness (QED) is 0.202. The van der Waals surface area contributed by atoms with Crippen molar-refractivity contribution in [2.24, 2.45) is 0 Å². The summed E-state index contributed by atoms with van der Waals surface area (Å²) in [6.07, 6.45) is -4.36. The average molecular weight is 557 g/mol. The second-order valence-corrected chi connectivity index (χ2v) is 11.2. The summed E-state index contributed by atoms with van der Waals surface area (Å²) in [5.41, 5.74) is 7.32. The lowest BCUT2D eigenvalue weighted by Gasteiger charge is -2.10. The first-order chi connectivity index (χ1) is 19.9. The summed E-state index contributed by atoms with van der Waals surface area (Å²) >= 11 is 1.82. The van der Waals surface area contributed by atoms with E-state index < -0.39 is 11.7 Å². The van der Waals surface area contributed by atoms with Gasteiger partial charge in [0.1, 0.15) is 0 Å². The molecule has 0 fully saturated rings. The Morgan fingerprint density at radius 2 is 0.829 bits per heavy atom. The van der Waals surface area contributed by atoms with Crippen molar-refractivity contribution in [2.75, 3.05) is 0 Å². The fourth-order valence-electron chi connectivity index (χ4n) is 5.37. The molecule has 0 atom stereocenters. The molecule has 198 valence electrons. The summed E-state index contributed by atoms with van der Waals surface area (Å²) in [4.78, 5) is 0. The fraction of sp³-hybridized carbons (Fsp3) is 0.0270. The first-order valence-electron chi connectivity index (χ1n) is 13.3. The van der Waals surface area contributed by atoms with Gasteiger partial charge in [0, 0.05) is 20.2 Å². The van der Waals surface area contributed by atoms with E-state index in [4.69, 9.17) is 0 Å². The highest BCUT2D eigenvalue weighted by atomic mass is 32.1. The third-order valence-corrected chi connectivity index (χ3v) is 8.68. The zero-order chi connectivity index (χ0) is 28.0. The minimum atomic E-state index is -4.36. The van der Waals surface area contributed by atoms with Gasteiger partial charge in [0.25, 0.3) is 0 Å². The van der Waals surface area contributed by atoms with Crippen LogP contribution in [0.4, 0.5) is 13.2 Å². The fourth-order valence-corrected chi connectivity index (χ4v) is 6.46. The predicted molar refractivity (Wildman–Crippen MR) is 166 cm³/mol. The molecule has 0 unspecified atom stereocenters. The van der Waals surface area contributed by atoms with Crippen LogP contribution < -0.4 is 0 Å². The van der Waals surface area contributed by atoms with Crippen molar-refractivity contribution in [2.45, 2.75) is 6.18 Å². The van der Waals surface area contributed by atoms with Crippen molar-refractivity contribution in [3.05, 3.63) is 145 Å². The number of hydrogen-bond donors (Lipinski definition) is 0. The summed E-state index contributed by atoms with van der Waals surface area (Å²) in [6, 6.07) is 45.3. The Bertz CT molecular complexity index is 2010. The van der Waals surface area contributed by atoms with Gasteiger partial charge in [0.2, 0.25) is 0 Å². The summed E-state index contributed by atoms with van der Waals surface area (Å²) in [6.45, 7) is 0. The summed E-state index contributed by atoms with van der Waals surface area (Å²) < 4.78 is 42.1. The lowest BCUT2D eigenvalue weighted by Crippen LogP contribution is -2.04. The molecule has 0 aliphatic heterocycles. The molecule has 1 aromatic heterocycles. The van der Waals surface area contributed by atoms with Crippen LogP contribution in [0.3, 0.4) is 0 Å². The number of thiophene rings is 1. The van der Waals surface area contributed by atoms with Crippen molar-refractivity contribution < 1.29 is 13.2 Å². The zero-order valence-electron chi connectivity index (χ0n) is 21.8. The van der Waals surface area contributed by atoms with Gasteiger partial charge in [-0.3, -0.25) is 0 Å². The number of fused-ring (bicyclic) bond motifs is 3. The number of benzene rings is 6. The second-order valence-electron chi connectivity index (χ2n) is 10.1. The molecule has 0 spiro atoms. The van der Waals surface area contributed by atoms with Crippen molar-refractivity contribution >= 4 is 31.5 Å². The maximum Gasteiger partial charge on any atom is 0.416 e. The Hall–Kier alpha value is -4.67. The first kappa shape index (κ1) is 25.3. The van der Waals surface area contributed by atoms with E-state index in [1.165, 1.54) is 43.4 Å². The normalized spacial score (nSPS) is 11.8. The molecule has 0 aliphatic carbocycles. The van der Waals surface area contributed by atoms with Crippen LogP contribution in [-0.2, 0) is 6.18 Å². The lowest BCUT2D eigenvalue weighted by molar-refractivity contribution is -0.137. The molecular formula is C37H23F3S. The van der Waals surface area contributed by atoms with Gasteiger partial charge < -0.3 is 0 Å². The van der Waals surface area contributed by atoms with Crippen molar-refractivity contribution in [1.82, 2.24) is 0 Å². The highest BCUT2D eigenvalue weighted by molar-refractivity contribution is 7.25. The van der Waals surface area contributed by atoms with E-state index in [1.807, 2.05) is 41.7 Å². The van der Waals surface area contributed by atoms with Gasteiger partial charge in [0.15, 0.2) is 0 Å². The van der Waals surface area contributed by atoms with Crippen LogP contribution in [0.2, 0.25) is 0 Å². The molecule has 0 bridgehead atoms. The van der Waals surface area contributed by atoms with Crippen molar-refractivity contribution in [3.63, 3.8) is 0 Å². The van der Waals surface area contributed by atoms with Crippen LogP contribution in [0.5, 0.6) is 0 Å². The molecule has 7 rings (SSSR count). The van der Waals surface area contributed by atoms with Crippen LogP contribution in [0.1, 0.15) is 5.56 Å². The molecule has 0 saturated carbocycles. The van der Waals surface area contributed by atoms with Gasteiger partial charge in [0.05, 0.1) is 5.56 Å². The van der Waals surface area contributed by atoms with Crippen molar-refractivity contribution in [3.8, 4) is 44.5 Å². The first-order valence-corrected chi connectivity index (χ1v) is 14.1. The SMILES string of the molecule is FC(F)(F)c1cccc(-c2ccc(-c3cccc(-c4ccc(-c5ccc6sc7ccccc7c6c5)cc4)c3)cc2)c1. The Labute approximate surface area is 240 Å². The van der Waals surface area contributed by atoms with Gasteiger partial charge in [-0.1, -0.05) is 103 Å². The molecule has 4 heteroatoms. The summed E-state index contributed by atoms with van der Waals surface area (Å²) in [5, 5.41) is 2.59. The number of hydrogen-bond acceptors (Lipinski definition) is 1. The molecule has 0 radical (unpaired) electrons. The van der Waals surface area contributed by atoms with Crippen LogP contribution in [-0.4, -0.2) is 0 Å². The smallest absolute Gasteiger partial charge is 0.166 e. The third-order valence-electron chi connectivity index (χ3n) is 7.53. The Morgan fingerprint density at radius 1 is 0.366 bits per heavy atom. The molecule has 7 aromatic rings. The molecule has 6 aromatic carbocycles. The highest BCUT2D eigenvalue weighted by Crippen LogP contribution is 2.37. The molecule has 41 heavy (non-hydrogen) atoms. The molecular weight excluding hydrogens is 533 g/mol. The number of halogens is 3. The van der Waals surface area contributed by atoms with Crippen LogP contribution >= 0.6 is 11.3 Å². The molecule has 0 nitrogen and oxygen atoms in total. The van der Waals surface area contributed by atoms with E-state index in [-0.39, 0.29) is 0 Å².